The second-order valence-corrected chi connectivity index (χ2v) is 11.4. The molecule has 0 saturated carbocycles. The van der Waals surface area contributed by atoms with Gasteiger partial charge in [-0.05, 0) is 78.0 Å². The van der Waals surface area contributed by atoms with E-state index < -0.39 is 29.4 Å². The van der Waals surface area contributed by atoms with Crippen molar-refractivity contribution in [2.75, 3.05) is 18.1 Å². The second kappa shape index (κ2) is 11.7. The van der Waals surface area contributed by atoms with E-state index in [9.17, 15) is 14.4 Å². The van der Waals surface area contributed by atoms with Crippen LogP contribution in [-0.2, 0) is 19.0 Å². The Morgan fingerprint density at radius 1 is 0.895 bits per heavy atom. The molecule has 0 atom stereocenters. The highest BCUT2D eigenvalue weighted by Crippen LogP contribution is 2.41. The van der Waals surface area contributed by atoms with Crippen molar-refractivity contribution in [1.29, 1.82) is 0 Å². The molecule has 0 aromatic heterocycles. The van der Waals surface area contributed by atoms with Crippen LogP contribution in [0.4, 0.5) is 15.3 Å². The summed E-state index contributed by atoms with van der Waals surface area (Å²) in [4.78, 5) is 39.0. The Balaban J connectivity index is 1.81. The molecule has 1 aliphatic rings. The number of hydrogen-bond acceptors (Lipinski definition) is 7. The summed E-state index contributed by atoms with van der Waals surface area (Å²) in [6, 6.07) is 9.84. The van der Waals surface area contributed by atoms with Gasteiger partial charge < -0.3 is 18.9 Å². The van der Waals surface area contributed by atoms with Gasteiger partial charge >= 0.3 is 12.2 Å². The molecule has 0 unspecified atom stereocenters. The number of carbonyl (C=O) groups is 3. The SMILES string of the molecule is CC(C)(C)OC(=O)OCCCOc1ccc(Cl)cc1/C=C1/C(=O)N(C(=O)OC(C)(C)C)c2cc(Cl)ccc21. The molecule has 0 saturated heterocycles. The number of ether oxygens (including phenoxy) is 4. The van der Waals surface area contributed by atoms with E-state index >= 15 is 0 Å². The summed E-state index contributed by atoms with van der Waals surface area (Å²) in [5.41, 5.74) is 0.182. The van der Waals surface area contributed by atoms with E-state index in [1.165, 1.54) is 0 Å². The van der Waals surface area contributed by atoms with E-state index in [4.69, 9.17) is 42.1 Å². The highest BCUT2D eigenvalue weighted by atomic mass is 35.5. The summed E-state index contributed by atoms with van der Waals surface area (Å²) in [6.07, 6.45) is 0.465. The third-order valence-electron chi connectivity index (χ3n) is 4.93. The maximum absolute atomic E-state index is 13.4. The van der Waals surface area contributed by atoms with Crippen molar-refractivity contribution < 1.29 is 33.3 Å². The lowest BCUT2D eigenvalue weighted by molar-refractivity contribution is -0.112. The zero-order valence-electron chi connectivity index (χ0n) is 22.2. The first-order chi connectivity index (χ1) is 17.6. The van der Waals surface area contributed by atoms with Gasteiger partial charge in [0.1, 0.15) is 17.0 Å². The number of fused-ring (bicyclic) bond motifs is 1. The summed E-state index contributed by atoms with van der Waals surface area (Å²) in [6.45, 7) is 10.7. The predicted octanol–water partition coefficient (Wildman–Crippen LogP) is 7.54. The molecule has 0 N–H and O–H groups in total. The third-order valence-corrected chi connectivity index (χ3v) is 5.40. The van der Waals surface area contributed by atoms with Gasteiger partial charge in [-0.25, -0.2) is 14.5 Å². The van der Waals surface area contributed by atoms with Gasteiger partial charge in [-0.3, -0.25) is 4.79 Å². The number of amides is 2. The Kier molecular flexibility index (Phi) is 9.00. The first-order valence-corrected chi connectivity index (χ1v) is 12.8. The van der Waals surface area contributed by atoms with E-state index in [0.29, 0.717) is 39.0 Å². The van der Waals surface area contributed by atoms with Crippen LogP contribution >= 0.6 is 23.2 Å². The molecular weight excluding hydrogens is 533 g/mol. The number of anilines is 1. The van der Waals surface area contributed by atoms with Gasteiger partial charge in [0.2, 0.25) is 0 Å². The Labute approximate surface area is 232 Å². The average Bonchev–Trinajstić information content (AvgIpc) is 3.03. The number of carbonyl (C=O) groups excluding carboxylic acids is 3. The topological polar surface area (TPSA) is 91.4 Å². The van der Waals surface area contributed by atoms with Crippen LogP contribution in [0.5, 0.6) is 5.75 Å². The normalized spacial score (nSPS) is 14.4. The van der Waals surface area contributed by atoms with Crippen LogP contribution in [0.3, 0.4) is 0 Å². The lowest BCUT2D eigenvalue weighted by Crippen LogP contribution is -2.38. The minimum atomic E-state index is -0.804. The Morgan fingerprint density at radius 3 is 2.18 bits per heavy atom. The van der Waals surface area contributed by atoms with Crippen molar-refractivity contribution >= 4 is 58.7 Å². The zero-order valence-corrected chi connectivity index (χ0v) is 23.7. The van der Waals surface area contributed by atoms with Gasteiger partial charge in [-0.15, -0.1) is 0 Å². The smallest absolute Gasteiger partial charge is 0.493 e. The monoisotopic (exact) mass is 563 g/mol. The van der Waals surface area contributed by atoms with E-state index in [-0.39, 0.29) is 18.8 Å². The van der Waals surface area contributed by atoms with E-state index in [0.717, 1.165) is 4.90 Å². The van der Waals surface area contributed by atoms with Crippen LogP contribution in [0.1, 0.15) is 59.1 Å². The van der Waals surface area contributed by atoms with Crippen LogP contribution < -0.4 is 9.64 Å². The van der Waals surface area contributed by atoms with Crippen molar-refractivity contribution in [3.05, 3.63) is 57.6 Å². The minimum Gasteiger partial charge on any atom is -0.493 e. The summed E-state index contributed by atoms with van der Waals surface area (Å²) in [7, 11) is 0. The highest BCUT2D eigenvalue weighted by Gasteiger charge is 2.39. The zero-order chi connectivity index (χ0) is 28.3. The van der Waals surface area contributed by atoms with Gasteiger partial charge in [0.25, 0.3) is 5.91 Å². The minimum absolute atomic E-state index is 0.108. The quantitative estimate of drug-likeness (QED) is 0.203. The Morgan fingerprint density at radius 2 is 1.53 bits per heavy atom. The lowest BCUT2D eigenvalue weighted by Gasteiger charge is -2.23. The van der Waals surface area contributed by atoms with Crippen molar-refractivity contribution in [2.45, 2.75) is 59.2 Å². The first kappa shape index (κ1) is 29.3. The van der Waals surface area contributed by atoms with Crippen molar-refractivity contribution in [3.63, 3.8) is 0 Å². The summed E-state index contributed by atoms with van der Waals surface area (Å²) >= 11 is 12.4. The first-order valence-electron chi connectivity index (χ1n) is 12.0. The molecule has 0 fully saturated rings. The third kappa shape index (κ3) is 7.88. The molecule has 2 aromatic rings. The molecule has 0 radical (unpaired) electrons. The van der Waals surface area contributed by atoms with Gasteiger partial charge in [0, 0.05) is 27.6 Å². The van der Waals surface area contributed by atoms with Crippen LogP contribution in [0.15, 0.2) is 36.4 Å². The highest BCUT2D eigenvalue weighted by molar-refractivity contribution is 6.42. The van der Waals surface area contributed by atoms with Gasteiger partial charge in [0.05, 0.1) is 24.5 Å². The summed E-state index contributed by atoms with van der Waals surface area (Å²) in [5.74, 6) is -0.105. The van der Waals surface area contributed by atoms with Crippen LogP contribution in [-0.4, -0.2) is 42.6 Å². The second-order valence-electron chi connectivity index (χ2n) is 10.5. The maximum Gasteiger partial charge on any atom is 0.508 e. The summed E-state index contributed by atoms with van der Waals surface area (Å²) in [5, 5.41) is 0.801. The molecule has 0 bridgehead atoms. The molecule has 204 valence electrons. The standard InChI is InChI=1S/C28H31Cl2NO7/c1-27(2,3)37-25(33)31-22-16-19(30)8-10-20(22)21(24(31)32)15-17-14-18(29)9-11-23(17)35-12-7-13-36-26(34)38-28(4,5)6/h8-11,14-16H,7,12-13H2,1-6H3/b21-15+. The fraction of sp³-hybridized carbons (Fsp3) is 0.393. The molecular formula is C28H31Cl2NO7. The molecule has 0 spiro atoms. The Hall–Kier alpha value is -3.23. The lowest BCUT2D eigenvalue weighted by atomic mass is 10.0. The molecule has 38 heavy (non-hydrogen) atoms. The van der Waals surface area contributed by atoms with Crippen molar-refractivity contribution in [1.82, 2.24) is 0 Å². The molecule has 8 nitrogen and oxygen atoms in total. The van der Waals surface area contributed by atoms with E-state index in [2.05, 4.69) is 0 Å². The largest absolute Gasteiger partial charge is 0.508 e. The van der Waals surface area contributed by atoms with E-state index in [1.54, 1.807) is 84.0 Å². The van der Waals surface area contributed by atoms with Crippen molar-refractivity contribution in [3.8, 4) is 5.75 Å². The average molecular weight is 564 g/mol. The number of halogens is 2. The molecule has 10 heteroatoms. The molecule has 0 aliphatic carbocycles. The maximum atomic E-state index is 13.4. The van der Waals surface area contributed by atoms with Crippen LogP contribution in [0.25, 0.3) is 11.6 Å². The number of nitrogens with zero attached hydrogens (tertiary/aromatic N) is 1. The number of benzene rings is 2. The van der Waals surface area contributed by atoms with E-state index in [1.807, 2.05) is 0 Å². The summed E-state index contributed by atoms with van der Waals surface area (Å²) < 4.78 is 21.5. The molecule has 3 rings (SSSR count). The number of imide groups is 1. The number of hydrogen-bond donors (Lipinski definition) is 0. The van der Waals surface area contributed by atoms with Crippen LogP contribution in [0, 0.1) is 0 Å². The fourth-order valence-corrected chi connectivity index (χ4v) is 3.83. The molecule has 2 amide bonds. The fourth-order valence-electron chi connectivity index (χ4n) is 3.49. The van der Waals surface area contributed by atoms with Crippen molar-refractivity contribution in [2.24, 2.45) is 0 Å². The molecule has 1 aliphatic heterocycles. The number of rotatable bonds is 6. The van der Waals surface area contributed by atoms with Crippen LogP contribution in [0.2, 0.25) is 10.0 Å². The predicted molar refractivity (Wildman–Crippen MR) is 147 cm³/mol. The Bertz CT molecular complexity index is 1260. The molecule has 1 heterocycles. The van der Waals surface area contributed by atoms with Gasteiger partial charge in [-0.1, -0.05) is 29.3 Å². The van der Waals surface area contributed by atoms with Gasteiger partial charge in [0.15, 0.2) is 0 Å². The van der Waals surface area contributed by atoms with Gasteiger partial charge in [-0.2, -0.15) is 0 Å². The molecule has 2 aromatic carbocycles.